The van der Waals surface area contributed by atoms with E-state index in [1.54, 1.807) is 19.9 Å². The number of rotatable bonds is 7. The van der Waals surface area contributed by atoms with E-state index in [0.29, 0.717) is 5.75 Å². The van der Waals surface area contributed by atoms with Gasteiger partial charge in [-0.05, 0) is 44.0 Å². The lowest BCUT2D eigenvalue weighted by Crippen LogP contribution is -2.45. The summed E-state index contributed by atoms with van der Waals surface area (Å²) in [4.78, 5) is 41.7. The first-order valence-corrected chi connectivity index (χ1v) is 10.0. The molecule has 0 bridgehead atoms. The number of nitrogens with one attached hydrogen (secondary N) is 1. The van der Waals surface area contributed by atoms with Crippen molar-refractivity contribution in [2.75, 3.05) is 17.2 Å². The number of nitrogens with zero attached hydrogens (tertiary/aromatic N) is 2. The highest BCUT2D eigenvalue weighted by atomic mass is 16.5. The number of nitrogen functional groups attached to an aromatic ring is 1. The molecule has 3 aromatic rings. The molecule has 1 amide bonds. The Bertz CT molecular complexity index is 1180. The molecule has 0 unspecified atom stereocenters. The number of amides is 1. The largest absolute Gasteiger partial charge is 0.481 e. The second-order valence-electron chi connectivity index (χ2n) is 7.22. The van der Waals surface area contributed by atoms with Gasteiger partial charge in [-0.3, -0.25) is 19.1 Å². The lowest BCUT2D eigenvalue weighted by molar-refractivity contribution is -0.124. The summed E-state index contributed by atoms with van der Waals surface area (Å²) in [5.41, 5.74) is 6.64. The van der Waals surface area contributed by atoms with Gasteiger partial charge in [0.2, 0.25) is 0 Å². The third-order valence-corrected chi connectivity index (χ3v) is 4.90. The molecule has 0 aliphatic heterocycles. The van der Waals surface area contributed by atoms with Gasteiger partial charge in [-0.25, -0.2) is 4.79 Å². The number of benzene rings is 2. The number of aromatic nitrogens is 2. The number of likely N-dealkylation sites (N-methyl/N-ethyl adjacent to an activating group) is 1. The summed E-state index contributed by atoms with van der Waals surface area (Å²) in [7, 11) is 0. The zero-order valence-electron chi connectivity index (χ0n) is 17.8. The van der Waals surface area contributed by atoms with E-state index in [0.717, 1.165) is 11.1 Å². The molecule has 0 saturated heterocycles. The van der Waals surface area contributed by atoms with E-state index >= 15 is 0 Å². The summed E-state index contributed by atoms with van der Waals surface area (Å²) in [6.07, 6.45) is -0.866. The van der Waals surface area contributed by atoms with Crippen LogP contribution in [0.1, 0.15) is 25.0 Å². The van der Waals surface area contributed by atoms with E-state index in [9.17, 15) is 14.4 Å². The first-order chi connectivity index (χ1) is 14.8. The average Bonchev–Trinajstić information content (AvgIpc) is 2.74. The molecule has 2 aromatic carbocycles. The molecule has 31 heavy (non-hydrogen) atoms. The van der Waals surface area contributed by atoms with Crippen LogP contribution in [-0.2, 0) is 11.3 Å². The Morgan fingerprint density at radius 2 is 1.87 bits per heavy atom. The molecule has 8 nitrogen and oxygen atoms in total. The molecule has 3 rings (SSSR count). The van der Waals surface area contributed by atoms with E-state index in [-0.39, 0.29) is 24.6 Å². The van der Waals surface area contributed by atoms with Crippen LogP contribution in [0.15, 0.2) is 64.2 Å². The molecule has 0 fully saturated rings. The van der Waals surface area contributed by atoms with Crippen molar-refractivity contribution in [3.05, 3.63) is 86.6 Å². The molecule has 0 spiro atoms. The summed E-state index contributed by atoms with van der Waals surface area (Å²) in [5, 5.41) is 0. The summed E-state index contributed by atoms with van der Waals surface area (Å²) in [6.45, 7) is 5.60. The number of carbonyl (C=O) groups is 1. The molecule has 1 atom stereocenters. The molecule has 3 N–H and O–H groups in total. The molecule has 0 radical (unpaired) electrons. The van der Waals surface area contributed by atoms with Crippen molar-refractivity contribution in [2.24, 2.45) is 0 Å². The summed E-state index contributed by atoms with van der Waals surface area (Å²) in [5.74, 6) is 0.0366. The topological polar surface area (TPSA) is 110 Å². The molecule has 0 saturated carbocycles. The van der Waals surface area contributed by atoms with E-state index in [2.05, 4.69) is 4.98 Å². The third-order valence-electron chi connectivity index (χ3n) is 4.90. The fourth-order valence-electron chi connectivity index (χ4n) is 3.35. The average molecular weight is 422 g/mol. The smallest absolute Gasteiger partial charge is 0.330 e. The maximum absolute atomic E-state index is 13.1. The molecule has 0 aliphatic rings. The summed E-state index contributed by atoms with van der Waals surface area (Å²) < 4.78 is 7.02. The van der Waals surface area contributed by atoms with Crippen LogP contribution in [0.4, 0.5) is 11.5 Å². The van der Waals surface area contributed by atoms with E-state index < -0.39 is 23.3 Å². The fraction of sp³-hybridized carbons (Fsp3) is 0.261. The van der Waals surface area contributed by atoms with Crippen LogP contribution in [0.25, 0.3) is 0 Å². The highest BCUT2D eigenvalue weighted by molar-refractivity contribution is 5.98. The highest BCUT2D eigenvalue weighted by Gasteiger charge is 2.27. The number of aromatic amines is 1. The molecule has 162 valence electrons. The monoisotopic (exact) mass is 422 g/mol. The van der Waals surface area contributed by atoms with Gasteiger partial charge in [0.1, 0.15) is 11.6 Å². The van der Waals surface area contributed by atoms with Gasteiger partial charge in [0, 0.05) is 6.54 Å². The highest BCUT2D eigenvalue weighted by Crippen LogP contribution is 2.20. The lowest BCUT2D eigenvalue weighted by Gasteiger charge is -2.26. The van der Waals surface area contributed by atoms with Crippen molar-refractivity contribution in [3.8, 4) is 5.75 Å². The Morgan fingerprint density at radius 3 is 2.52 bits per heavy atom. The third kappa shape index (κ3) is 4.85. The number of hydrogen-bond donors (Lipinski definition) is 2. The maximum Gasteiger partial charge on any atom is 0.330 e. The minimum absolute atomic E-state index is 0.0669. The predicted molar refractivity (Wildman–Crippen MR) is 121 cm³/mol. The number of H-pyrrole nitrogens is 1. The van der Waals surface area contributed by atoms with Gasteiger partial charge in [-0.1, -0.05) is 42.5 Å². The number of aryl methyl sites for hydroxylation is 1. The van der Waals surface area contributed by atoms with Gasteiger partial charge >= 0.3 is 5.69 Å². The first-order valence-electron chi connectivity index (χ1n) is 10.0. The van der Waals surface area contributed by atoms with Crippen LogP contribution in [-0.4, -0.2) is 28.1 Å². The Balaban J connectivity index is 1.95. The van der Waals surface area contributed by atoms with Gasteiger partial charge in [-0.2, -0.15) is 0 Å². The van der Waals surface area contributed by atoms with Crippen molar-refractivity contribution in [1.82, 2.24) is 9.55 Å². The minimum atomic E-state index is -0.866. The molecule has 8 heteroatoms. The zero-order chi connectivity index (χ0) is 22.5. The summed E-state index contributed by atoms with van der Waals surface area (Å²) in [6, 6.07) is 16.6. The molecular formula is C23H26N4O4. The van der Waals surface area contributed by atoms with Gasteiger partial charge in [0.25, 0.3) is 11.5 Å². The number of hydrogen-bond acceptors (Lipinski definition) is 5. The maximum atomic E-state index is 13.1. The van der Waals surface area contributed by atoms with E-state index in [1.165, 1.54) is 9.47 Å². The van der Waals surface area contributed by atoms with Crippen LogP contribution in [0.3, 0.4) is 0 Å². The Labute approximate surface area is 179 Å². The van der Waals surface area contributed by atoms with Crippen molar-refractivity contribution in [1.29, 1.82) is 0 Å². The van der Waals surface area contributed by atoms with E-state index in [1.807, 2.05) is 55.5 Å². The molecule has 1 heterocycles. The van der Waals surface area contributed by atoms with Gasteiger partial charge in [0.05, 0.1) is 6.54 Å². The van der Waals surface area contributed by atoms with Gasteiger partial charge < -0.3 is 15.4 Å². The number of ether oxygens (including phenoxy) is 1. The van der Waals surface area contributed by atoms with Crippen LogP contribution < -0.4 is 26.6 Å². The first kappa shape index (κ1) is 21.9. The molecule has 1 aromatic heterocycles. The van der Waals surface area contributed by atoms with Crippen molar-refractivity contribution < 1.29 is 9.53 Å². The van der Waals surface area contributed by atoms with E-state index in [4.69, 9.17) is 10.5 Å². The zero-order valence-corrected chi connectivity index (χ0v) is 17.8. The Hall–Kier alpha value is -3.81. The molecule has 0 aliphatic carbocycles. The number of anilines is 2. The van der Waals surface area contributed by atoms with Crippen molar-refractivity contribution in [3.63, 3.8) is 0 Å². The molecular weight excluding hydrogens is 396 g/mol. The minimum Gasteiger partial charge on any atom is -0.481 e. The Kier molecular flexibility index (Phi) is 6.59. The number of carbonyl (C=O) groups excluding carboxylic acids is 1. The predicted octanol–water partition coefficient (Wildman–Crippen LogP) is 2.30. The normalized spacial score (nSPS) is 11.7. The quantitative estimate of drug-likeness (QED) is 0.607. The van der Waals surface area contributed by atoms with Crippen LogP contribution in [0, 0.1) is 6.92 Å². The van der Waals surface area contributed by atoms with Gasteiger partial charge in [0.15, 0.2) is 11.8 Å². The second kappa shape index (κ2) is 9.34. The van der Waals surface area contributed by atoms with Crippen LogP contribution >= 0.6 is 0 Å². The van der Waals surface area contributed by atoms with Crippen molar-refractivity contribution in [2.45, 2.75) is 33.4 Å². The Morgan fingerprint density at radius 1 is 1.16 bits per heavy atom. The van der Waals surface area contributed by atoms with Crippen LogP contribution in [0.2, 0.25) is 0 Å². The SMILES string of the molecule is CCN(C(=O)[C@@H](C)Oc1cccc(C)c1)c1c(N)n(Cc2ccccc2)c(=O)[nH]c1=O. The number of nitrogens with two attached hydrogens (primary N) is 1. The van der Waals surface area contributed by atoms with Crippen molar-refractivity contribution >= 4 is 17.4 Å². The summed E-state index contributed by atoms with van der Waals surface area (Å²) >= 11 is 0. The van der Waals surface area contributed by atoms with Crippen LogP contribution in [0.5, 0.6) is 5.75 Å². The second-order valence-corrected chi connectivity index (χ2v) is 7.22. The lowest BCUT2D eigenvalue weighted by atomic mass is 10.2. The van der Waals surface area contributed by atoms with Gasteiger partial charge in [-0.15, -0.1) is 0 Å². The fourth-order valence-corrected chi connectivity index (χ4v) is 3.35. The standard InChI is InChI=1S/C23H26N4O4/c1-4-26(22(29)16(3)31-18-12-8-9-15(2)13-18)19-20(24)27(23(30)25-21(19)28)14-17-10-6-5-7-11-17/h5-13,16H,4,14,24H2,1-3H3,(H,25,28,30)/t16-/m1/s1.